The summed E-state index contributed by atoms with van der Waals surface area (Å²) < 4.78 is 5.24. The summed E-state index contributed by atoms with van der Waals surface area (Å²) in [6.07, 6.45) is 1.92. The highest BCUT2D eigenvalue weighted by Gasteiger charge is 2.06. The van der Waals surface area contributed by atoms with Gasteiger partial charge in [0.15, 0.2) is 0 Å². The number of methoxy groups -OCH3 is 1. The van der Waals surface area contributed by atoms with Gasteiger partial charge in [0.2, 0.25) is 0 Å². The summed E-state index contributed by atoms with van der Waals surface area (Å²) in [6, 6.07) is 5.93. The number of nitrogens with two attached hydrogens (primary N) is 1. The Bertz CT molecular complexity index is 489. The molecule has 0 aromatic heterocycles. The molecule has 1 rings (SSSR count). The summed E-state index contributed by atoms with van der Waals surface area (Å²) in [4.78, 5) is 0. The molecule has 18 heavy (non-hydrogen) atoms. The van der Waals surface area contributed by atoms with Crippen molar-refractivity contribution in [2.75, 3.05) is 14.2 Å². The van der Waals surface area contributed by atoms with E-state index in [1.807, 2.05) is 45.2 Å². The first-order valence-electron chi connectivity index (χ1n) is 5.66. The van der Waals surface area contributed by atoms with Gasteiger partial charge in [0, 0.05) is 18.3 Å². The van der Waals surface area contributed by atoms with Crippen LogP contribution in [0.5, 0.6) is 5.75 Å². The molecular formula is C14H19ClN2O. The third-order valence-corrected chi connectivity index (χ3v) is 3.04. The zero-order valence-corrected chi connectivity index (χ0v) is 11.9. The highest BCUT2D eigenvalue weighted by atomic mass is 35.5. The smallest absolute Gasteiger partial charge is 0.119 e. The molecule has 1 aromatic carbocycles. The SMILES string of the molecule is CN/C(=C\C(C)=C(/N)Cl)c1cc(OC)ccc1C. The van der Waals surface area contributed by atoms with E-state index < -0.39 is 0 Å². The first kappa shape index (κ1) is 14.5. The van der Waals surface area contributed by atoms with Crippen LogP contribution in [-0.2, 0) is 0 Å². The molecular weight excluding hydrogens is 248 g/mol. The summed E-state index contributed by atoms with van der Waals surface area (Å²) in [5.41, 5.74) is 9.55. The Balaban J connectivity index is 3.29. The number of aryl methyl sites for hydroxylation is 1. The molecule has 98 valence electrons. The zero-order chi connectivity index (χ0) is 13.7. The van der Waals surface area contributed by atoms with Crippen LogP contribution in [0.3, 0.4) is 0 Å². The molecule has 0 atom stereocenters. The first-order chi connectivity index (χ1) is 8.49. The van der Waals surface area contributed by atoms with Gasteiger partial charge in [-0.3, -0.25) is 0 Å². The molecule has 0 saturated heterocycles. The average molecular weight is 267 g/mol. The van der Waals surface area contributed by atoms with Gasteiger partial charge in [0.25, 0.3) is 0 Å². The van der Waals surface area contributed by atoms with Crippen molar-refractivity contribution in [3.8, 4) is 5.75 Å². The molecule has 0 aliphatic heterocycles. The van der Waals surface area contributed by atoms with E-state index in [1.165, 1.54) is 0 Å². The first-order valence-corrected chi connectivity index (χ1v) is 6.03. The van der Waals surface area contributed by atoms with Gasteiger partial charge in [0.1, 0.15) is 10.9 Å². The van der Waals surface area contributed by atoms with Crippen LogP contribution in [0.1, 0.15) is 18.1 Å². The third kappa shape index (κ3) is 3.44. The molecule has 0 spiro atoms. The van der Waals surface area contributed by atoms with Crippen molar-refractivity contribution in [3.05, 3.63) is 46.1 Å². The van der Waals surface area contributed by atoms with E-state index in [2.05, 4.69) is 5.32 Å². The molecule has 0 aliphatic rings. The molecule has 0 fully saturated rings. The zero-order valence-electron chi connectivity index (χ0n) is 11.2. The van der Waals surface area contributed by atoms with Gasteiger partial charge >= 0.3 is 0 Å². The second kappa shape index (κ2) is 6.36. The minimum atomic E-state index is 0.295. The topological polar surface area (TPSA) is 47.3 Å². The molecule has 0 saturated carbocycles. The van der Waals surface area contributed by atoms with Gasteiger partial charge in [-0.2, -0.15) is 0 Å². The number of ether oxygens (including phenoxy) is 1. The molecule has 4 heteroatoms. The van der Waals surface area contributed by atoms with Crippen LogP contribution < -0.4 is 15.8 Å². The monoisotopic (exact) mass is 266 g/mol. The Morgan fingerprint density at radius 3 is 2.61 bits per heavy atom. The maximum absolute atomic E-state index is 5.78. The van der Waals surface area contributed by atoms with Crippen LogP contribution >= 0.6 is 11.6 Å². The minimum absolute atomic E-state index is 0.295. The van der Waals surface area contributed by atoms with Crippen LogP contribution in [0.25, 0.3) is 5.70 Å². The van der Waals surface area contributed by atoms with E-state index in [0.29, 0.717) is 5.16 Å². The number of allylic oxidation sites excluding steroid dienone is 2. The Morgan fingerprint density at radius 1 is 1.44 bits per heavy atom. The molecule has 1 aromatic rings. The number of benzene rings is 1. The lowest BCUT2D eigenvalue weighted by Gasteiger charge is -2.12. The van der Waals surface area contributed by atoms with Crippen LogP contribution in [-0.4, -0.2) is 14.2 Å². The normalized spacial score (nSPS) is 13.1. The highest BCUT2D eigenvalue weighted by molar-refractivity contribution is 6.29. The lowest BCUT2D eigenvalue weighted by Crippen LogP contribution is -2.07. The van der Waals surface area contributed by atoms with E-state index in [0.717, 1.165) is 28.1 Å². The fraction of sp³-hybridized carbons (Fsp3) is 0.286. The molecule has 0 radical (unpaired) electrons. The molecule has 0 amide bonds. The summed E-state index contributed by atoms with van der Waals surface area (Å²) in [6.45, 7) is 3.91. The van der Waals surface area contributed by atoms with E-state index in [9.17, 15) is 0 Å². The molecule has 3 nitrogen and oxygen atoms in total. The predicted octanol–water partition coefficient (Wildman–Crippen LogP) is 2.99. The summed E-state index contributed by atoms with van der Waals surface area (Å²) in [5.74, 6) is 0.817. The maximum atomic E-state index is 5.78. The average Bonchev–Trinajstić information content (AvgIpc) is 2.36. The second-order valence-electron chi connectivity index (χ2n) is 4.02. The quantitative estimate of drug-likeness (QED) is 0.651. The minimum Gasteiger partial charge on any atom is -0.497 e. The Labute approximate surface area is 113 Å². The van der Waals surface area contributed by atoms with Crippen LogP contribution in [0, 0.1) is 6.92 Å². The van der Waals surface area contributed by atoms with E-state index in [-0.39, 0.29) is 0 Å². The van der Waals surface area contributed by atoms with Gasteiger partial charge in [-0.1, -0.05) is 17.7 Å². The Morgan fingerprint density at radius 2 is 2.11 bits per heavy atom. The van der Waals surface area contributed by atoms with Crippen molar-refractivity contribution < 1.29 is 4.74 Å². The predicted molar refractivity (Wildman–Crippen MR) is 77.5 cm³/mol. The van der Waals surface area contributed by atoms with Crippen molar-refractivity contribution in [1.29, 1.82) is 0 Å². The summed E-state index contributed by atoms with van der Waals surface area (Å²) >= 11 is 5.78. The van der Waals surface area contributed by atoms with Crippen LogP contribution in [0.2, 0.25) is 0 Å². The van der Waals surface area contributed by atoms with Gasteiger partial charge in [0.05, 0.1) is 7.11 Å². The number of rotatable bonds is 4. The van der Waals surface area contributed by atoms with Gasteiger partial charge < -0.3 is 15.8 Å². The summed E-state index contributed by atoms with van der Waals surface area (Å²) in [7, 11) is 3.52. The third-order valence-electron chi connectivity index (χ3n) is 2.74. The number of hydrogen-bond acceptors (Lipinski definition) is 3. The van der Waals surface area contributed by atoms with Crippen molar-refractivity contribution in [2.24, 2.45) is 5.73 Å². The molecule has 3 N–H and O–H groups in total. The highest BCUT2D eigenvalue weighted by Crippen LogP contribution is 2.23. The Hall–Kier alpha value is -1.61. The lowest BCUT2D eigenvalue weighted by atomic mass is 10.0. The standard InChI is InChI=1S/C14H19ClN2O/c1-9-5-6-11(18-4)8-12(9)13(17-3)7-10(2)14(15)16/h5-8,17H,16H2,1-4H3/b13-7-,14-10-. The van der Waals surface area contributed by atoms with Crippen LogP contribution in [0.4, 0.5) is 0 Å². The number of halogens is 1. The molecule has 0 heterocycles. The molecule has 0 aliphatic carbocycles. The van der Waals surface area contributed by atoms with Gasteiger partial charge in [-0.15, -0.1) is 0 Å². The van der Waals surface area contributed by atoms with Crippen molar-refractivity contribution in [2.45, 2.75) is 13.8 Å². The van der Waals surface area contributed by atoms with E-state index in [4.69, 9.17) is 22.1 Å². The van der Waals surface area contributed by atoms with Gasteiger partial charge in [-0.05, 0) is 43.2 Å². The van der Waals surface area contributed by atoms with Crippen molar-refractivity contribution in [1.82, 2.24) is 5.32 Å². The summed E-state index contributed by atoms with van der Waals surface area (Å²) in [5, 5.41) is 3.45. The van der Waals surface area contributed by atoms with Gasteiger partial charge in [-0.25, -0.2) is 0 Å². The lowest BCUT2D eigenvalue weighted by molar-refractivity contribution is 0.414. The van der Waals surface area contributed by atoms with Crippen molar-refractivity contribution >= 4 is 17.3 Å². The fourth-order valence-electron chi connectivity index (χ4n) is 1.59. The fourth-order valence-corrected chi connectivity index (χ4v) is 1.64. The van der Waals surface area contributed by atoms with Crippen LogP contribution in [0.15, 0.2) is 35.0 Å². The van der Waals surface area contributed by atoms with Crippen molar-refractivity contribution in [3.63, 3.8) is 0 Å². The number of hydrogen-bond donors (Lipinski definition) is 2. The maximum Gasteiger partial charge on any atom is 0.119 e. The second-order valence-corrected chi connectivity index (χ2v) is 4.43. The molecule has 0 unspecified atom stereocenters. The van der Waals surface area contributed by atoms with E-state index >= 15 is 0 Å². The molecule has 0 bridgehead atoms. The number of nitrogens with one attached hydrogen (secondary N) is 1. The largest absolute Gasteiger partial charge is 0.497 e. The van der Waals surface area contributed by atoms with E-state index in [1.54, 1.807) is 7.11 Å². The Kier molecular flexibility index (Phi) is 5.10.